The number of morpholine rings is 1. The van der Waals surface area contributed by atoms with Crippen LogP contribution in [-0.4, -0.2) is 56.2 Å². The van der Waals surface area contributed by atoms with Crippen molar-refractivity contribution >= 4 is 17.5 Å². The molecular weight excluding hydrogens is 294 g/mol. The molecule has 6 heteroatoms. The summed E-state index contributed by atoms with van der Waals surface area (Å²) in [5.41, 5.74) is 0.565. The summed E-state index contributed by atoms with van der Waals surface area (Å²) >= 11 is 5.85. The summed E-state index contributed by atoms with van der Waals surface area (Å²) in [6, 6.07) is 5.16. The molecular formula is C15H20ClNO4. The number of hydrogen-bond acceptors (Lipinski definition) is 4. The number of alkyl halides is 1. The minimum Gasteiger partial charge on any atom is -0.493 e. The maximum absolute atomic E-state index is 12.6. The van der Waals surface area contributed by atoms with Crippen molar-refractivity contribution in [2.24, 2.45) is 0 Å². The number of carbonyl (C=O) groups excluding carboxylic acids is 1. The van der Waals surface area contributed by atoms with E-state index < -0.39 is 0 Å². The Balaban J connectivity index is 2.19. The van der Waals surface area contributed by atoms with Crippen LogP contribution in [0.1, 0.15) is 17.3 Å². The first-order chi connectivity index (χ1) is 10.1. The van der Waals surface area contributed by atoms with Gasteiger partial charge in [-0.05, 0) is 25.1 Å². The van der Waals surface area contributed by atoms with Gasteiger partial charge < -0.3 is 19.1 Å². The van der Waals surface area contributed by atoms with Crippen molar-refractivity contribution in [1.29, 1.82) is 0 Å². The number of carbonyl (C=O) groups is 1. The van der Waals surface area contributed by atoms with Gasteiger partial charge in [0.2, 0.25) is 0 Å². The predicted octanol–water partition coefficient (Wildman–Crippen LogP) is 2.17. The summed E-state index contributed by atoms with van der Waals surface area (Å²) in [5, 5.41) is 0. The highest BCUT2D eigenvalue weighted by molar-refractivity contribution is 6.18. The fourth-order valence-electron chi connectivity index (χ4n) is 2.45. The fourth-order valence-corrected chi connectivity index (χ4v) is 2.62. The van der Waals surface area contributed by atoms with Gasteiger partial charge in [0, 0.05) is 18.7 Å². The number of nitrogens with zero attached hydrogens (tertiary/aromatic N) is 1. The van der Waals surface area contributed by atoms with E-state index in [9.17, 15) is 4.79 Å². The number of methoxy groups -OCH3 is 2. The highest BCUT2D eigenvalue weighted by atomic mass is 35.5. The smallest absolute Gasteiger partial charge is 0.254 e. The summed E-state index contributed by atoms with van der Waals surface area (Å²) in [5.74, 6) is 1.46. The van der Waals surface area contributed by atoms with Crippen LogP contribution < -0.4 is 9.47 Å². The minimum absolute atomic E-state index is 0.0217. The maximum atomic E-state index is 12.6. The molecule has 1 aromatic rings. The largest absolute Gasteiger partial charge is 0.493 e. The van der Waals surface area contributed by atoms with Crippen LogP contribution in [0, 0.1) is 0 Å². The highest BCUT2D eigenvalue weighted by Crippen LogP contribution is 2.28. The van der Waals surface area contributed by atoms with E-state index in [-0.39, 0.29) is 18.1 Å². The average Bonchev–Trinajstić information content (AvgIpc) is 2.52. The lowest BCUT2D eigenvalue weighted by atomic mass is 10.1. The molecule has 1 fully saturated rings. The lowest BCUT2D eigenvalue weighted by molar-refractivity contribution is -0.0570. The van der Waals surface area contributed by atoms with Gasteiger partial charge in [0.1, 0.15) is 0 Å². The third kappa shape index (κ3) is 3.60. The van der Waals surface area contributed by atoms with Gasteiger partial charge in [-0.2, -0.15) is 0 Å². The summed E-state index contributed by atoms with van der Waals surface area (Å²) in [6.45, 7) is 3.00. The topological polar surface area (TPSA) is 48.0 Å². The van der Waals surface area contributed by atoms with Crippen LogP contribution in [0.5, 0.6) is 11.5 Å². The van der Waals surface area contributed by atoms with Crippen LogP contribution >= 0.6 is 11.6 Å². The standard InChI is InChI=1S/C15H20ClNO4/c1-10-8-17(9-12(7-16)21-10)15(18)11-4-5-13(19-2)14(6-11)20-3/h4-6,10,12H,7-9H2,1-3H3. The van der Waals surface area contributed by atoms with Gasteiger partial charge in [0.05, 0.1) is 32.3 Å². The molecule has 0 N–H and O–H groups in total. The molecule has 0 aromatic heterocycles. The van der Waals surface area contributed by atoms with Gasteiger partial charge in [0.25, 0.3) is 5.91 Å². The molecule has 1 aliphatic rings. The van der Waals surface area contributed by atoms with Gasteiger partial charge in [-0.1, -0.05) is 0 Å². The Bertz CT molecular complexity index is 508. The number of amides is 1. The number of hydrogen-bond donors (Lipinski definition) is 0. The molecule has 0 radical (unpaired) electrons. The number of ether oxygens (including phenoxy) is 3. The van der Waals surface area contributed by atoms with Crippen LogP contribution in [0.2, 0.25) is 0 Å². The van der Waals surface area contributed by atoms with Crippen LogP contribution in [-0.2, 0) is 4.74 Å². The van der Waals surface area contributed by atoms with Gasteiger partial charge in [-0.15, -0.1) is 11.6 Å². The molecule has 21 heavy (non-hydrogen) atoms. The average molecular weight is 314 g/mol. The molecule has 5 nitrogen and oxygen atoms in total. The Morgan fingerprint density at radius 2 is 2.05 bits per heavy atom. The molecule has 2 unspecified atom stereocenters. The third-order valence-corrected chi connectivity index (χ3v) is 3.76. The molecule has 116 valence electrons. The highest BCUT2D eigenvalue weighted by Gasteiger charge is 2.28. The van der Waals surface area contributed by atoms with Gasteiger partial charge >= 0.3 is 0 Å². The molecule has 0 bridgehead atoms. The van der Waals surface area contributed by atoms with Gasteiger partial charge in [-0.3, -0.25) is 4.79 Å². The van der Waals surface area contributed by atoms with E-state index in [4.69, 9.17) is 25.8 Å². The summed E-state index contributed by atoms with van der Waals surface area (Å²) in [4.78, 5) is 14.4. The Morgan fingerprint density at radius 3 is 2.67 bits per heavy atom. The zero-order valence-corrected chi connectivity index (χ0v) is 13.2. The number of rotatable bonds is 4. The van der Waals surface area contributed by atoms with Crippen molar-refractivity contribution in [3.8, 4) is 11.5 Å². The molecule has 0 saturated carbocycles. The van der Waals surface area contributed by atoms with E-state index >= 15 is 0 Å². The molecule has 1 saturated heterocycles. The van der Waals surface area contributed by atoms with Crippen molar-refractivity contribution in [1.82, 2.24) is 4.90 Å². The monoisotopic (exact) mass is 313 g/mol. The number of benzene rings is 1. The van der Waals surface area contributed by atoms with Crippen LogP contribution in [0.4, 0.5) is 0 Å². The van der Waals surface area contributed by atoms with Crippen molar-refractivity contribution in [2.75, 3.05) is 33.2 Å². The molecule has 2 atom stereocenters. The third-order valence-electron chi connectivity index (χ3n) is 3.42. The van der Waals surface area contributed by atoms with Crippen LogP contribution in [0.25, 0.3) is 0 Å². The van der Waals surface area contributed by atoms with Crippen molar-refractivity contribution < 1.29 is 19.0 Å². The van der Waals surface area contributed by atoms with Crippen molar-refractivity contribution in [3.63, 3.8) is 0 Å². The maximum Gasteiger partial charge on any atom is 0.254 e. The van der Waals surface area contributed by atoms with E-state index in [2.05, 4.69) is 0 Å². The summed E-state index contributed by atoms with van der Waals surface area (Å²) < 4.78 is 16.1. The first kappa shape index (κ1) is 15.9. The first-order valence-corrected chi connectivity index (χ1v) is 7.35. The minimum atomic E-state index is -0.125. The van der Waals surface area contributed by atoms with Crippen LogP contribution in [0.15, 0.2) is 18.2 Å². The van der Waals surface area contributed by atoms with E-state index in [1.807, 2.05) is 6.92 Å². The Labute approximate surface area is 129 Å². The predicted molar refractivity (Wildman–Crippen MR) is 80.5 cm³/mol. The first-order valence-electron chi connectivity index (χ1n) is 6.81. The van der Waals surface area contributed by atoms with E-state index in [1.165, 1.54) is 0 Å². The van der Waals surface area contributed by atoms with E-state index in [0.29, 0.717) is 36.0 Å². The van der Waals surface area contributed by atoms with Gasteiger partial charge in [0.15, 0.2) is 11.5 Å². The van der Waals surface area contributed by atoms with Crippen LogP contribution in [0.3, 0.4) is 0 Å². The fraction of sp³-hybridized carbons (Fsp3) is 0.533. The molecule has 1 amide bonds. The Hall–Kier alpha value is -1.46. The second-order valence-electron chi connectivity index (χ2n) is 5.00. The normalized spacial score (nSPS) is 22.0. The lowest BCUT2D eigenvalue weighted by Crippen LogP contribution is -2.49. The Morgan fingerprint density at radius 1 is 1.33 bits per heavy atom. The Kier molecular flexibility index (Phi) is 5.31. The van der Waals surface area contributed by atoms with E-state index in [0.717, 1.165) is 0 Å². The zero-order valence-electron chi connectivity index (χ0n) is 12.5. The molecule has 2 rings (SSSR count). The van der Waals surface area contributed by atoms with Gasteiger partial charge in [-0.25, -0.2) is 0 Å². The van der Waals surface area contributed by atoms with Crippen molar-refractivity contribution in [2.45, 2.75) is 19.1 Å². The van der Waals surface area contributed by atoms with E-state index in [1.54, 1.807) is 37.3 Å². The second-order valence-corrected chi connectivity index (χ2v) is 5.31. The second kappa shape index (κ2) is 7.00. The molecule has 0 aliphatic carbocycles. The zero-order chi connectivity index (χ0) is 15.4. The molecule has 0 spiro atoms. The molecule has 1 aromatic carbocycles. The quantitative estimate of drug-likeness (QED) is 0.799. The summed E-state index contributed by atoms with van der Waals surface area (Å²) in [7, 11) is 3.11. The SMILES string of the molecule is COc1ccc(C(=O)N2CC(C)OC(CCl)C2)cc1OC. The molecule has 1 aliphatic heterocycles. The summed E-state index contributed by atoms with van der Waals surface area (Å²) in [6.07, 6.45) is -0.147. The molecule has 1 heterocycles. The van der Waals surface area contributed by atoms with Crippen molar-refractivity contribution in [3.05, 3.63) is 23.8 Å². The number of halogens is 1. The lowest BCUT2D eigenvalue weighted by Gasteiger charge is -2.36.